The normalized spacial score (nSPS) is 20.7. The highest BCUT2D eigenvalue weighted by atomic mass is 16.6. The van der Waals surface area contributed by atoms with Crippen LogP contribution in [0.25, 0.3) is 0 Å². The molecule has 1 N–H and O–H groups in total. The molecule has 1 aromatic carbocycles. The SMILES string of the molecule is COc1ccnc(C(=O)NC2COC(=O)[C@H](Cc3ccccc3)C(OC(=O)C(C)C)[C@H](C)OC2=O)c1OC(=O)CC(C)C. The lowest BCUT2D eigenvalue weighted by atomic mass is 9.91. The number of aromatic nitrogens is 1. The quantitative estimate of drug-likeness (QED) is 0.317. The second kappa shape index (κ2) is 15.1. The van der Waals surface area contributed by atoms with Crippen molar-refractivity contribution in [2.45, 2.75) is 65.7 Å². The van der Waals surface area contributed by atoms with E-state index >= 15 is 0 Å². The van der Waals surface area contributed by atoms with Crippen LogP contribution in [0.4, 0.5) is 0 Å². The smallest absolute Gasteiger partial charge is 0.332 e. The van der Waals surface area contributed by atoms with Crippen LogP contribution in [0, 0.1) is 17.8 Å². The number of rotatable bonds is 10. The molecule has 0 saturated carbocycles. The van der Waals surface area contributed by atoms with Crippen LogP contribution < -0.4 is 14.8 Å². The third-order valence-electron chi connectivity index (χ3n) is 6.56. The van der Waals surface area contributed by atoms with E-state index in [-0.39, 0.29) is 36.0 Å². The monoisotopic (exact) mass is 598 g/mol. The number of carbonyl (C=O) groups is 5. The van der Waals surface area contributed by atoms with Crippen molar-refractivity contribution in [3.05, 3.63) is 53.9 Å². The summed E-state index contributed by atoms with van der Waals surface area (Å²) in [7, 11) is 1.34. The molecule has 232 valence electrons. The van der Waals surface area contributed by atoms with E-state index in [4.69, 9.17) is 23.7 Å². The van der Waals surface area contributed by atoms with Crippen molar-refractivity contribution < 1.29 is 47.7 Å². The summed E-state index contributed by atoms with van der Waals surface area (Å²) in [5.41, 5.74) is 0.454. The van der Waals surface area contributed by atoms with Gasteiger partial charge < -0.3 is 29.0 Å². The number of nitrogens with zero attached hydrogens (tertiary/aromatic N) is 1. The molecular weight excluding hydrogens is 560 g/mol. The minimum absolute atomic E-state index is 0.00731. The Morgan fingerprint density at radius 2 is 1.74 bits per heavy atom. The fraction of sp³-hybridized carbons (Fsp3) is 0.484. The van der Waals surface area contributed by atoms with Gasteiger partial charge in [-0.3, -0.25) is 19.2 Å². The van der Waals surface area contributed by atoms with Crippen LogP contribution in [-0.2, 0) is 39.8 Å². The van der Waals surface area contributed by atoms with Crippen molar-refractivity contribution >= 4 is 29.8 Å². The third kappa shape index (κ3) is 9.00. The van der Waals surface area contributed by atoms with Gasteiger partial charge >= 0.3 is 23.9 Å². The molecule has 1 saturated heterocycles. The van der Waals surface area contributed by atoms with Crippen molar-refractivity contribution in [3.63, 3.8) is 0 Å². The Labute approximate surface area is 250 Å². The second-order valence-corrected chi connectivity index (χ2v) is 10.9. The van der Waals surface area contributed by atoms with Crippen LogP contribution in [0.1, 0.15) is 57.1 Å². The number of benzene rings is 1. The van der Waals surface area contributed by atoms with Crippen molar-refractivity contribution in [2.24, 2.45) is 17.8 Å². The molecule has 2 unspecified atom stereocenters. The summed E-state index contributed by atoms with van der Waals surface area (Å²) in [6.07, 6.45) is -0.731. The van der Waals surface area contributed by atoms with Gasteiger partial charge in [-0.15, -0.1) is 0 Å². The van der Waals surface area contributed by atoms with Gasteiger partial charge in [0.05, 0.1) is 13.0 Å². The van der Waals surface area contributed by atoms with Gasteiger partial charge in [-0.25, -0.2) is 9.78 Å². The molecule has 1 fully saturated rings. The molecule has 12 heteroatoms. The standard InChI is InChI=1S/C31H38N2O10/c1-17(2)14-24(34)42-27-23(39-6)12-13-32-25(27)28(35)33-22-16-40-30(37)21(15-20-10-8-7-9-11-20)26(19(5)41-31(22)38)43-29(36)18(3)4/h7-13,17-19,21-22,26H,14-16H2,1-6H3,(H,33,35)/t19-,21+,22?,26?/m0/s1. The van der Waals surface area contributed by atoms with E-state index in [1.807, 2.05) is 32.0 Å². The number of cyclic esters (lactones) is 2. The first-order valence-electron chi connectivity index (χ1n) is 14.1. The molecule has 0 radical (unpaired) electrons. The molecule has 2 aromatic rings. The lowest BCUT2D eigenvalue weighted by molar-refractivity contribution is -0.176. The number of pyridine rings is 1. The summed E-state index contributed by atoms with van der Waals surface area (Å²) in [4.78, 5) is 69.0. The molecule has 0 spiro atoms. The number of hydrogen-bond acceptors (Lipinski definition) is 11. The van der Waals surface area contributed by atoms with Crippen molar-refractivity contribution in [2.75, 3.05) is 13.7 Å². The fourth-order valence-electron chi connectivity index (χ4n) is 4.32. The molecule has 4 atom stereocenters. The average Bonchev–Trinajstić information content (AvgIpc) is 2.99. The summed E-state index contributed by atoms with van der Waals surface area (Å²) in [5, 5.41) is 2.46. The topological polar surface area (TPSA) is 156 Å². The summed E-state index contributed by atoms with van der Waals surface area (Å²) < 4.78 is 27.5. The Morgan fingerprint density at radius 1 is 1.05 bits per heavy atom. The molecule has 3 rings (SSSR count). The van der Waals surface area contributed by atoms with Gasteiger partial charge in [0.1, 0.15) is 18.6 Å². The first kappa shape index (κ1) is 33.0. The molecule has 1 aromatic heterocycles. The molecule has 0 aliphatic carbocycles. The van der Waals surface area contributed by atoms with E-state index in [9.17, 15) is 24.0 Å². The highest BCUT2D eigenvalue weighted by Gasteiger charge is 2.42. The molecule has 1 aliphatic heterocycles. The van der Waals surface area contributed by atoms with Crippen LogP contribution in [0.3, 0.4) is 0 Å². The first-order valence-corrected chi connectivity index (χ1v) is 14.1. The Hall–Kier alpha value is -4.48. The lowest BCUT2D eigenvalue weighted by Crippen LogP contribution is -2.47. The minimum atomic E-state index is -1.46. The van der Waals surface area contributed by atoms with E-state index in [1.165, 1.54) is 26.3 Å². The number of methoxy groups -OCH3 is 1. The fourth-order valence-corrected chi connectivity index (χ4v) is 4.32. The largest absolute Gasteiger partial charge is 0.493 e. The minimum Gasteiger partial charge on any atom is -0.493 e. The Balaban J connectivity index is 1.89. The molecule has 12 nitrogen and oxygen atoms in total. The molecular formula is C31H38N2O10. The van der Waals surface area contributed by atoms with Gasteiger partial charge in [0.2, 0.25) is 5.75 Å². The molecule has 2 heterocycles. The number of esters is 4. The Kier molecular flexibility index (Phi) is 11.6. The molecule has 0 bridgehead atoms. The lowest BCUT2D eigenvalue weighted by Gasteiger charge is -2.29. The van der Waals surface area contributed by atoms with Crippen molar-refractivity contribution in [3.8, 4) is 11.5 Å². The van der Waals surface area contributed by atoms with Crippen LogP contribution >= 0.6 is 0 Å². The van der Waals surface area contributed by atoms with Gasteiger partial charge in [-0.05, 0) is 24.8 Å². The molecule has 43 heavy (non-hydrogen) atoms. The molecule has 1 amide bonds. The summed E-state index contributed by atoms with van der Waals surface area (Å²) in [6, 6.07) is 9.02. The van der Waals surface area contributed by atoms with Gasteiger partial charge in [-0.1, -0.05) is 58.0 Å². The number of nitrogens with one attached hydrogen (secondary N) is 1. The second-order valence-electron chi connectivity index (χ2n) is 10.9. The average molecular weight is 599 g/mol. The van der Waals surface area contributed by atoms with Gasteiger partial charge in [0.25, 0.3) is 5.91 Å². The Morgan fingerprint density at radius 3 is 2.37 bits per heavy atom. The highest BCUT2D eigenvalue weighted by Crippen LogP contribution is 2.30. The maximum atomic E-state index is 13.4. The van der Waals surface area contributed by atoms with Crippen molar-refractivity contribution in [1.29, 1.82) is 0 Å². The third-order valence-corrected chi connectivity index (χ3v) is 6.56. The Bertz CT molecular complexity index is 1310. The van der Waals surface area contributed by atoms with Crippen LogP contribution in [0.15, 0.2) is 42.6 Å². The van der Waals surface area contributed by atoms with E-state index < -0.39 is 66.5 Å². The highest BCUT2D eigenvalue weighted by molar-refractivity contribution is 5.99. The van der Waals surface area contributed by atoms with Gasteiger partial charge in [0, 0.05) is 18.7 Å². The predicted molar refractivity (Wildman–Crippen MR) is 152 cm³/mol. The van der Waals surface area contributed by atoms with E-state index in [2.05, 4.69) is 10.3 Å². The van der Waals surface area contributed by atoms with E-state index in [0.717, 1.165) is 5.56 Å². The van der Waals surface area contributed by atoms with Crippen LogP contribution in [-0.4, -0.2) is 66.7 Å². The maximum Gasteiger partial charge on any atom is 0.332 e. The van der Waals surface area contributed by atoms with Crippen LogP contribution in [0.2, 0.25) is 0 Å². The predicted octanol–water partition coefficient (Wildman–Crippen LogP) is 3.06. The van der Waals surface area contributed by atoms with Crippen LogP contribution in [0.5, 0.6) is 11.5 Å². The van der Waals surface area contributed by atoms with E-state index in [0.29, 0.717) is 0 Å². The zero-order valence-electron chi connectivity index (χ0n) is 25.2. The van der Waals surface area contributed by atoms with Gasteiger partial charge in [-0.2, -0.15) is 0 Å². The number of amides is 1. The summed E-state index contributed by atoms with van der Waals surface area (Å²) >= 11 is 0. The number of hydrogen-bond donors (Lipinski definition) is 1. The summed E-state index contributed by atoms with van der Waals surface area (Å²) in [5.74, 6) is -5.42. The van der Waals surface area contributed by atoms with Gasteiger partial charge in [0.15, 0.2) is 23.6 Å². The zero-order chi connectivity index (χ0) is 31.7. The van der Waals surface area contributed by atoms with E-state index in [1.54, 1.807) is 26.0 Å². The maximum absolute atomic E-state index is 13.4. The zero-order valence-corrected chi connectivity index (χ0v) is 25.2. The molecule has 1 aliphatic rings. The summed E-state index contributed by atoms with van der Waals surface area (Å²) in [6.45, 7) is 7.88. The first-order chi connectivity index (χ1) is 20.4. The number of carbonyl (C=O) groups excluding carboxylic acids is 5. The van der Waals surface area contributed by atoms with Crippen molar-refractivity contribution in [1.82, 2.24) is 10.3 Å². The number of ether oxygens (including phenoxy) is 5.